The van der Waals surface area contributed by atoms with Gasteiger partial charge in [0.15, 0.2) is 0 Å². The molecule has 2 aromatic carbocycles. The van der Waals surface area contributed by atoms with Gasteiger partial charge in [-0.3, -0.25) is 4.79 Å². The molecule has 0 saturated heterocycles. The maximum atomic E-state index is 12.4. The van der Waals surface area contributed by atoms with Crippen LogP contribution in [0.5, 0.6) is 5.75 Å². The lowest BCUT2D eigenvalue weighted by Gasteiger charge is -2.19. The molecule has 0 bridgehead atoms. The molecule has 0 aromatic heterocycles. The summed E-state index contributed by atoms with van der Waals surface area (Å²) >= 11 is 0. The van der Waals surface area contributed by atoms with Crippen molar-refractivity contribution in [3.63, 3.8) is 0 Å². The Balaban J connectivity index is 1.95. The van der Waals surface area contributed by atoms with E-state index in [1.165, 1.54) is 12.1 Å². The first-order chi connectivity index (χ1) is 10.5. The number of anilines is 1. The van der Waals surface area contributed by atoms with E-state index in [9.17, 15) is 13.2 Å². The van der Waals surface area contributed by atoms with Crippen molar-refractivity contribution in [2.45, 2.75) is 24.7 Å². The molecule has 6 heteroatoms. The number of carbonyl (C=O) groups excluding carboxylic acids is 1. The van der Waals surface area contributed by atoms with Crippen molar-refractivity contribution < 1.29 is 17.4 Å². The van der Waals surface area contributed by atoms with Gasteiger partial charge >= 0.3 is 10.1 Å². The highest BCUT2D eigenvalue weighted by Gasteiger charge is 2.23. The highest BCUT2D eigenvalue weighted by Crippen LogP contribution is 2.32. The molecule has 0 saturated carbocycles. The van der Waals surface area contributed by atoms with Gasteiger partial charge in [-0.05, 0) is 37.6 Å². The van der Waals surface area contributed by atoms with Crippen molar-refractivity contribution in [1.29, 1.82) is 0 Å². The highest BCUT2D eigenvalue weighted by atomic mass is 32.2. The van der Waals surface area contributed by atoms with Crippen LogP contribution < -0.4 is 9.50 Å². The van der Waals surface area contributed by atoms with E-state index >= 15 is 0 Å². The zero-order valence-electron chi connectivity index (χ0n) is 12.0. The smallest absolute Gasteiger partial charge is 0.339 e. The number of hydrogen-bond acceptors (Lipinski definition) is 4. The molecular weight excluding hydrogens is 302 g/mol. The summed E-state index contributed by atoms with van der Waals surface area (Å²) in [5, 5.41) is 2.72. The normalized spacial score (nSPS) is 14.1. The number of carbonyl (C=O) groups is 1. The third kappa shape index (κ3) is 2.82. The second-order valence-electron chi connectivity index (χ2n) is 5.18. The summed E-state index contributed by atoms with van der Waals surface area (Å²) in [6, 6.07) is 11.5. The van der Waals surface area contributed by atoms with Crippen LogP contribution in [-0.4, -0.2) is 14.3 Å². The quantitative estimate of drug-likeness (QED) is 0.883. The van der Waals surface area contributed by atoms with E-state index in [2.05, 4.69) is 5.32 Å². The maximum Gasteiger partial charge on any atom is 0.339 e. The maximum absolute atomic E-state index is 12.4. The van der Waals surface area contributed by atoms with Gasteiger partial charge in [-0.1, -0.05) is 23.8 Å². The second-order valence-corrected chi connectivity index (χ2v) is 6.73. The summed E-state index contributed by atoms with van der Waals surface area (Å²) in [5.74, 6) is 0.184. The second kappa shape index (κ2) is 5.46. The van der Waals surface area contributed by atoms with Crippen molar-refractivity contribution in [1.82, 2.24) is 0 Å². The molecule has 0 fully saturated rings. The standard InChI is InChI=1S/C16H15NO4S/c1-11-5-7-12(8-6-11)22(19,20)21-15-4-2-3-14-13(15)9-10-16(18)17-14/h2-8H,9-10H2,1H3,(H,17,18). The molecule has 2 aromatic rings. The third-order valence-corrected chi connectivity index (χ3v) is 4.77. The Morgan fingerprint density at radius 3 is 2.50 bits per heavy atom. The summed E-state index contributed by atoms with van der Waals surface area (Å²) in [6.07, 6.45) is 0.776. The number of hydrogen-bond donors (Lipinski definition) is 1. The van der Waals surface area contributed by atoms with E-state index in [0.29, 0.717) is 24.1 Å². The van der Waals surface area contributed by atoms with Crippen LogP contribution in [0, 0.1) is 6.92 Å². The molecule has 5 nitrogen and oxygen atoms in total. The zero-order valence-corrected chi connectivity index (χ0v) is 12.8. The van der Waals surface area contributed by atoms with Crippen LogP contribution in [0.25, 0.3) is 0 Å². The van der Waals surface area contributed by atoms with Gasteiger partial charge in [0, 0.05) is 17.7 Å². The fourth-order valence-corrected chi connectivity index (χ4v) is 3.30. The van der Waals surface area contributed by atoms with Crippen molar-refractivity contribution >= 4 is 21.7 Å². The fourth-order valence-electron chi connectivity index (χ4n) is 2.34. The number of fused-ring (bicyclic) bond motifs is 1. The Morgan fingerprint density at radius 1 is 1.05 bits per heavy atom. The molecule has 0 aliphatic carbocycles. The molecule has 0 radical (unpaired) electrons. The van der Waals surface area contributed by atoms with Crippen LogP contribution in [0.4, 0.5) is 5.69 Å². The molecule has 22 heavy (non-hydrogen) atoms. The van der Waals surface area contributed by atoms with Crippen LogP contribution >= 0.6 is 0 Å². The predicted octanol–water partition coefficient (Wildman–Crippen LogP) is 2.65. The summed E-state index contributed by atoms with van der Waals surface area (Å²) < 4.78 is 30.0. The Labute approximate surface area is 129 Å². The SMILES string of the molecule is Cc1ccc(S(=O)(=O)Oc2cccc3c2CCC(=O)N3)cc1. The van der Waals surface area contributed by atoms with Gasteiger partial charge in [-0.2, -0.15) is 8.42 Å². The minimum absolute atomic E-state index is 0.0777. The lowest BCUT2D eigenvalue weighted by atomic mass is 10.0. The van der Waals surface area contributed by atoms with Gasteiger partial charge in [0.2, 0.25) is 5.91 Å². The average molecular weight is 317 g/mol. The van der Waals surface area contributed by atoms with Gasteiger partial charge in [0.05, 0.1) is 0 Å². The minimum atomic E-state index is -3.89. The van der Waals surface area contributed by atoms with Crippen LogP contribution in [0.1, 0.15) is 17.5 Å². The van der Waals surface area contributed by atoms with E-state index < -0.39 is 10.1 Å². The first-order valence-corrected chi connectivity index (χ1v) is 8.29. The lowest BCUT2D eigenvalue weighted by molar-refractivity contribution is -0.116. The number of nitrogens with one attached hydrogen (secondary N) is 1. The van der Waals surface area contributed by atoms with Gasteiger partial charge in [-0.15, -0.1) is 0 Å². The van der Waals surface area contributed by atoms with Crippen LogP contribution in [0.15, 0.2) is 47.4 Å². The van der Waals surface area contributed by atoms with E-state index in [0.717, 1.165) is 5.56 Å². The van der Waals surface area contributed by atoms with Crippen molar-refractivity contribution in [3.05, 3.63) is 53.6 Å². The highest BCUT2D eigenvalue weighted by molar-refractivity contribution is 7.87. The Kier molecular flexibility index (Phi) is 3.62. The first kappa shape index (κ1) is 14.6. The molecule has 0 unspecified atom stereocenters. The van der Waals surface area contributed by atoms with Crippen LogP contribution in [0.3, 0.4) is 0 Å². The van der Waals surface area contributed by atoms with E-state index in [4.69, 9.17) is 4.18 Å². The number of amides is 1. The Hall–Kier alpha value is -2.34. The zero-order chi connectivity index (χ0) is 15.7. The fraction of sp³-hybridized carbons (Fsp3) is 0.188. The predicted molar refractivity (Wildman–Crippen MR) is 82.4 cm³/mol. The topological polar surface area (TPSA) is 72.5 Å². The van der Waals surface area contributed by atoms with E-state index in [1.807, 2.05) is 6.92 Å². The molecule has 0 spiro atoms. The summed E-state index contributed by atoms with van der Waals surface area (Å²) in [7, 11) is -3.89. The Bertz CT molecular complexity index is 826. The molecule has 1 aliphatic rings. The number of aryl methyl sites for hydroxylation is 1. The van der Waals surface area contributed by atoms with Crippen molar-refractivity contribution in [3.8, 4) is 5.75 Å². The molecule has 1 amide bonds. The molecule has 0 atom stereocenters. The minimum Gasteiger partial charge on any atom is -0.379 e. The number of rotatable bonds is 3. The van der Waals surface area contributed by atoms with Gasteiger partial charge in [-0.25, -0.2) is 0 Å². The molecule has 1 aliphatic heterocycles. The molecular formula is C16H15NO4S. The number of benzene rings is 2. The summed E-state index contributed by atoms with van der Waals surface area (Å²) in [6.45, 7) is 1.88. The summed E-state index contributed by atoms with van der Waals surface area (Å²) in [5.41, 5.74) is 2.28. The average Bonchev–Trinajstić information content (AvgIpc) is 2.47. The molecule has 3 rings (SSSR count). The van der Waals surface area contributed by atoms with Crippen LogP contribution in [-0.2, 0) is 21.3 Å². The van der Waals surface area contributed by atoms with Crippen molar-refractivity contribution in [2.75, 3.05) is 5.32 Å². The van der Waals surface area contributed by atoms with E-state index in [1.54, 1.807) is 30.3 Å². The van der Waals surface area contributed by atoms with Crippen molar-refractivity contribution in [2.24, 2.45) is 0 Å². The van der Waals surface area contributed by atoms with Gasteiger partial charge < -0.3 is 9.50 Å². The largest absolute Gasteiger partial charge is 0.379 e. The lowest BCUT2D eigenvalue weighted by Crippen LogP contribution is -2.20. The Morgan fingerprint density at radius 2 is 1.77 bits per heavy atom. The summed E-state index contributed by atoms with van der Waals surface area (Å²) in [4.78, 5) is 11.5. The van der Waals surface area contributed by atoms with E-state index in [-0.39, 0.29) is 16.6 Å². The molecule has 1 N–H and O–H groups in total. The van der Waals surface area contributed by atoms with Gasteiger partial charge in [0.25, 0.3) is 0 Å². The third-order valence-electron chi connectivity index (χ3n) is 3.52. The monoisotopic (exact) mass is 317 g/mol. The first-order valence-electron chi connectivity index (χ1n) is 6.88. The van der Waals surface area contributed by atoms with Gasteiger partial charge in [0.1, 0.15) is 10.6 Å². The van der Waals surface area contributed by atoms with Crippen LogP contribution in [0.2, 0.25) is 0 Å². The molecule has 1 heterocycles. The molecule has 114 valence electrons.